The largest absolute Gasteiger partial charge is 0.375 e. The van der Waals surface area contributed by atoms with Gasteiger partial charge in [0.2, 0.25) is 0 Å². The molecular formula is C10H10N6S. The maximum Gasteiger partial charge on any atom is 0.189 e. The van der Waals surface area contributed by atoms with Gasteiger partial charge in [0.05, 0.1) is 0 Å². The van der Waals surface area contributed by atoms with Crippen molar-refractivity contribution in [3.05, 3.63) is 23.0 Å². The zero-order valence-corrected chi connectivity index (χ0v) is 10.2. The van der Waals surface area contributed by atoms with E-state index in [9.17, 15) is 0 Å². The molecule has 86 valence electrons. The number of hydrogen-bond donors (Lipinski definition) is 1. The van der Waals surface area contributed by atoms with E-state index in [1.807, 2.05) is 29.7 Å². The molecule has 0 aliphatic heterocycles. The first-order chi connectivity index (χ1) is 8.15. The molecule has 0 unspecified atom stereocenters. The van der Waals surface area contributed by atoms with E-state index >= 15 is 0 Å². The lowest BCUT2D eigenvalue weighted by Crippen LogP contribution is -1.99. The summed E-state index contributed by atoms with van der Waals surface area (Å²) in [7, 11) is 0. The quantitative estimate of drug-likeness (QED) is 0.702. The van der Waals surface area contributed by atoms with Gasteiger partial charge >= 0.3 is 0 Å². The lowest BCUT2D eigenvalue weighted by Gasteiger charge is -2.01. The number of nitrogen functional groups attached to an aromatic ring is 1. The number of nitrogens with two attached hydrogens (primary N) is 1. The average molecular weight is 246 g/mol. The third-order valence-corrected chi connectivity index (χ3v) is 3.11. The number of aryl methyl sites for hydroxylation is 2. The van der Waals surface area contributed by atoms with Gasteiger partial charge in [-0.25, -0.2) is 9.97 Å². The number of aromatic nitrogens is 5. The molecule has 2 N–H and O–H groups in total. The number of hydrogen-bond acceptors (Lipinski definition) is 6. The summed E-state index contributed by atoms with van der Waals surface area (Å²) in [5.74, 6) is 1.52. The Morgan fingerprint density at radius 3 is 2.76 bits per heavy atom. The molecule has 0 bridgehead atoms. The van der Waals surface area contributed by atoms with E-state index in [2.05, 4.69) is 20.2 Å². The zero-order chi connectivity index (χ0) is 12.0. The van der Waals surface area contributed by atoms with Crippen molar-refractivity contribution >= 4 is 22.1 Å². The SMILES string of the molecule is Cc1cc2nnc(-c3csc(N)n3)n2c(C)n1. The summed E-state index contributed by atoms with van der Waals surface area (Å²) in [4.78, 5) is 8.61. The minimum absolute atomic E-state index is 0.523. The highest BCUT2D eigenvalue weighted by molar-refractivity contribution is 7.13. The molecule has 0 saturated heterocycles. The zero-order valence-electron chi connectivity index (χ0n) is 9.38. The summed E-state index contributed by atoms with van der Waals surface area (Å²) < 4.78 is 1.88. The van der Waals surface area contributed by atoms with E-state index in [1.54, 1.807) is 0 Å². The minimum atomic E-state index is 0.523. The topological polar surface area (TPSA) is 82.0 Å². The fourth-order valence-corrected chi connectivity index (χ4v) is 2.33. The Morgan fingerprint density at radius 2 is 2.06 bits per heavy atom. The molecule has 0 saturated carbocycles. The van der Waals surface area contributed by atoms with Crippen LogP contribution in [0.1, 0.15) is 11.5 Å². The predicted molar refractivity (Wildman–Crippen MR) is 65.8 cm³/mol. The van der Waals surface area contributed by atoms with E-state index in [4.69, 9.17) is 5.73 Å². The molecule has 0 fully saturated rings. The fourth-order valence-electron chi connectivity index (χ4n) is 1.79. The van der Waals surface area contributed by atoms with E-state index in [1.165, 1.54) is 11.3 Å². The number of fused-ring (bicyclic) bond motifs is 1. The van der Waals surface area contributed by atoms with Crippen LogP contribution in [-0.2, 0) is 0 Å². The monoisotopic (exact) mass is 246 g/mol. The smallest absolute Gasteiger partial charge is 0.189 e. The Morgan fingerprint density at radius 1 is 1.24 bits per heavy atom. The van der Waals surface area contributed by atoms with E-state index in [-0.39, 0.29) is 0 Å². The average Bonchev–Trinajstić information content (AvgIpc) is 2.83. The summed E-state index contributed by atoms with van der Waals surface area (Å²) >= 11 is 1.39. The molecule has 0 aliphatic carbocycles. The molecule has 3 aromatic heterocycles. The second-order valence-corrected chi connectivity index (χ2v) is 4.62. The lowest BCUT2D eigenvalue weighted by molar-refractivity contribution is 0.959. The van der Waals surface area contributed by atoms with Crippen molar-refractivity contribution in [1.82, 2.24) is 24.6 Å². The summed E-state index contributed by atoms with van der Waals surface area (Å²) in [6.45, 7) is 3.85. The molecule has 0 aliphatic rings. The second-order valence-electron chi connectivity index (χ2n) is 3.73. The van der Waals surface area contributed by atoms with Crippen molar-refractivity contribution in [3.8, 4) is 11.5 Å². The van der Waals surface area contributed by atoms with Gasteiger partial charge in [-0.2, -0.15) is 0 Å². The normalized spacial score (nSPS) is 11.2. The number of rotatable bonds is 1. The van der Waals surface area contributed by atoms with Crippen molar-refractivity contribution in [2.75, 3.05) is 5.73 Å². The van der Waals surface area contributed by atoms with Gasteiger partial charge in [0.15, 0.2) is 16.6 Å². The van der Waals surface area contributed by atoms with Crippen LogP contribution >= 0.6 is 11.3 Å². The van der Waals surface area contributed by atoms with Crippen LogP contribution in [0, 0.1) is 13.8 Å². The van der Waals surface area contributed by atoms with Gasteiger partial charge in [0, 0.05) is 17.1 Å². The van der Waals surface area contributed by atoms with E-state index < -0.39 is 0 Å². The molecule has 0 atom stereocenters. The maximum absolute atomic E-state index is 5.63. The van der Waals surface area contributed by atoms with Gasteiger partial charge in [-0.15, -0.1) is 21.5 Å². The molecule has 3 rings (SSSR count). The molecular weight excluding hydrogens is 236 g/mol. The van der Waals surface area contributed by atoms with Crippen molar-refractivity contribution in [2.45, 2.75) is 13.8 Å². The molecule has 7 heteroatoms. The highest BCUT2D eigenvalue weighted by Crippen LogP contribution is 2.22. The Bertz CT molecular complexity index is 698. The first-order valence-electron chi connectivity index (χ1n) is 5.06. The van der Waals surface area contributed by atoms with Crippen LogP contribution in [0.15, 0.2) is 11.4 Å². The summed E-state index contributed by atoms with van der Waals surface area (Å²) in [5, 5.41) is 10.7. The van der Waals surface area contributed by atoms with Gasteiger partial charge < -0.3 is 5.73 Å². The molecule has 0 radical (unpaired) electrons. The van der Waals surface area contributed by atoms with Crippen LogP contribution in [0.2, 0.25) is 0 Å². The van der Waals surface area contributed by atoms with E-state index in [0.29, 0.717) is 11.0 Å². The van der Waals surface area contributed by atoms with Gasteiger partial charge in [-0.05, 0) is 13.8 Å². The second kappa shape index (κ2) is 3.49. The minimum Gasteiger partial charge on any atom is -0.375 e. The number of anilines is 1. The van der Waals surface area contributed by atoms with Crippen LogP contribution in [0.4, 0.5) is 5.13 Å². The molecule has 17 heavy (non-hydrogen) atoms. The van der Waals surface area contributed by atoms with E-state index in [0.717, 1.165) is 22.9 Å². The molecule has 0 spiro atoms. The first kappa shape index (κ1) is 10.2. The molecule has 3 heterocycles. The third kappa shape index (κ3) is 1.55. The van der Waals surface area contributed by atoms with Gasteiger partial charge in [-0.1, -0.05) is 0 Å². The van der Waals surface area contributed by atoms with Gasteiger partial charge in [0.1, 0.15) is 11.5 Å². The van der Waals surface area contributed by atoms with Crippen molar-refractivity contribution in [3.63, 3.8) is 0 Å². The van der Waals surface area contributed by atoms with Crippen molar-refractivity contribution < 1.29 is 0 Å². The Labute approximate surface area is 101 Å². The highest BCUT2D eigenvalue weighted by Gasteiger charge is 2.13. The Balaban J connectivity index is 2.31. The molecule has 6 nitrogen and oxygen atoms in total. The fraction of sp³-hybridized carbons (Fsp3) is 0.200. The lowest BCUT2D eigenvalue weighted by atomic mass is 10.4. The third-order valence-electron chi connectivity index (χ3n) is 2.44. The summed E-state index contributed by atoms with van der Waals surface area (Å²) in [5.41, 5.74) is 8.05. The van der Waals surface area contributed by atoms with Crippen LogP contribution < -0.4 is 5.73 Å². The van der Waals surface area contributed by atoms with Crippen LogP contribution in [-0.4, -0.2) is 24.6 Å². The predicted octanol–water partition coefficient (Wildman–Crippen LogP) is 1.45. The standard InChI is InChI=1S/C10H10N6S/c1-5-3-8-14-15-9(16(8)6(2)12-5)7-4-17-10(11)13-7/h3-4H,1-2H3,(H2,11,13). The van der Waals surface area contributed by atoms with Crippen molar-refractivity contribution in [2.24, 2.45) is 0 Å². The highest BCUT2D eigenvalue weighted by atomic mass is 32.1. The van der Waals surface area contributed by atoms with Crippen LogP contribution in [0.5, 0.6) is 0 Å². The van der Waals surface area contributed by atoms with Crippen molar-refractivity contribution in [1.29, 1.82) is 0 Å². The van der Waals surface area contributed by atoms with Gasteiger partial charge in [0.25, 0.3) is 0 Å². The summed E-state index contributed by atoms with van der Waals surface area (Å²) in [6.07, 6.45) is 0. The van der Waals surface area contributed by atoms with Gasteiger partial charge in [-0.3, -0.25) is 4.40 Å². The Kier molecular flexibility index (Phi) is 2.08. The first-order valence-corrected chi connectivity index (χ1v) is 5.94. The Hall–Kier alpha value is -2.02. The van der Waals surface area contributed by atoms with Crippen LogP contribution in [0.3, 0.4) is 0 Å². The molecule has 0 amide bonds. The maximum atomic E-state index is 5.63. The summed E-state index contributed by atoms with van der Waals surface area (Å²) in [6, 6.07) is 1.89. The number of nitrogens with zero attached hydrogens (tertiary/aromatic N) is 5. The number of thiazole rings is 1. The molecule has 3 aromatic rings. The van der Waals surface area contributed by atoms with Crippen LogP contribution in [0.25, 0.3) is 17.2 Å². The molecule has 0 aromatic carbocycles.